The maximum atomic E-state index is 15.1. The van der Waals surface area contributed by atoms with Crippen LogP contribution in [0.5, 0.6) is 5.75 Å². The number of carbonyl (C=O) groups is 2. The molecule has 0 unspecified atom stereocenters. The number of halogens is 1. The predicted molar refractivity (Wildman–Crippen MR) is 167 cm³/mol. The lowest BCUT2D eigenvalue weighted by molar-refractivity contribution is -0.146. The molecule has 2 amide bonds. The summed E-state index contributed by atoms with van der Waals surface area (Å²) >= 11 is 0. The first-order valence-electron chi connectivity index (χ1n) is 15.6. The highest BCUT2D eigenvalue weighted by molar-refractivity contribution is 5.97. The van der Waals surface area contributed by atoms with Crippen LogP contribution in [0.25, 0.3) is 11.4 Å². The number of aromatic nitrogens is 2. The molecule has 4 saturated heterocycles. The van der Waals surface area contributed by atoms with E-state index < -0.39 is 18.3 Å². The second kappa shape index (κ2) is 12.9. The van der Waals surface area contributed by atoms with Gasteiger partial charge in [-0.3, -0.25) is 14.5 Å². The number of piperidine rings is 1. The van der Waals surface area contributed by atoms with Gasteiger partial charge in [-0.05, 0) is 48.5 Å². The van der Waals surface area contributed by atoms with E-state index in [1.54, 1.807) is 30.5 Å². The summed E-state index contributed by atoms with van der Waals surface area (Å²) in [6, 6.07) is 17.2. The molecule has 13 heteroatoms. The molecule has 0 saturated carbocycles. The zero-order chi connectivity index (χ0) is 31.6. The monoisotopic (exact) mass is 626 g/mol. The summed E-state index contributed by atoms with van der Waals surface area (Å²) in [5.74, 6) is 0.840. The highest BCUT2D eigenvalue weighted by Crippen LogP contribution is 2.29. The Kier molecular flexibility index (Phi) is 8.38. The van der Waals surface area contributed by atoms with Crippen molar-refractivity contribution in [1.29, 1.82) is 5.26 Å². The van der Waals surface area contributed by atoms with E-state index in [9.17, 15) is 14.9 Å². The van der Waals surface area contributed by atoms with Gasteiger partial charge in [0.05, 0.1) is 37.8 Å². The quantitative estimate of drug-likeness (QED) is 0.359. The van der Waals surface area contributed by atoms with Crippen LogP contribution in [0.15, 0.2) is 54.7 Å². The fourth-order valence-electron chi connectivity index (χ4n) is 6.22. The van der Waals surface area contributed by atoms with Gasteiger partial charge in [0.25, 0.3) is 0 Å². The van der Waals surface area contributed by atoms with Crippen LogP contribution < -0.4 is 20.3 Å². The second-order valence-electron chi connectivity index (χ2n) is 12.0. The first kappa shape index (κ1) is 29.9. The number of benzene rings is 2. The summed E-state index contributed by atoms with van der Waals surface area (Å²) in [6.07, 6.45) is -0.182. The number of ether oxygens (including phenoxy) is 2. The molecular formula is C33H35FN8O4. The number of nitrogens with one attached hydrogen (secondary N) is 2. The van der Waals surface area contributed by atoms with Crippen LogP contribution in [-0.4, -0.2) is 108 Å². The molecule has 4 aliphatic heterocycles. The number of alkyl halides is 1. The Balaban J connectivity index is 0.959. The number of carbonyl (C=O) groups excluding carboxylic acids is 2. The van der Waals surface area contributed by atoms with E-state index in [1.165, 1.54) is 10.6 Å². The van der Waals surface area contributed by atoms with Crippen LogP contribution in [0, 0.1) is 11.3 Å². The second-order valence-corrected chi connectivity index (χ2v) is 12.0. The molecule has 12 nitrogen and oxygen atoms in total. The lowest BCUT2D eigenvalue weighted by atomic mass is 10.0. The van der Waals surface area contributed by atoms with Crippen molar-refractivity contribution in [3.63, 3.8) is 0 Å². The molecule has 4 fully saturated rings. The molecule has 4 aliphatic rings. The number of β-lactam (4-membered cyclic amide) rings is 1. The van der Waals surface area contributed by atoms with Gasteiger partial charge in [-0.15, -0.1) is 0 Å². The van der Waals surface area contributed by atoms with Crippen molar-refractivity contribution in [2.24, 2.45) is 0 Å². The molecule has 46 heavy (non-hydrogen) atoms. The zero-order valence-corrected chi connectivity index (χ0v) is 25.3. The third kappa shape index (κ3) is 6.31. The maximum absolute atomic E-state index is 15.1. The standard InChI is InChI=1S/C33H35FN8O4/c34-26-18-42(33(44)27-16-31(43)38-27)10-8-29(26)46-28-6-1-21(15-22(28)17-35)32-36-9-7-30(39-32)37-23-2-4-24(5-3-23)40-11-13-41(14-12-40)25-19-45-20-25/h1-7,9,15,25-27,29H,8,10-14,16,18-20H2,(H,38,43)(H,36,37,39)/t26-,27+,29+/m1/s1. The van der Waals surface area contributed by atoms with Crippen LogP contribution in [-0.2, 0) is 14.3 Å². The molecule has 0 spiro atoms. The Morgan fingerprint density at radius 1 is 1.09 bits per heavy atom. The molecule has 2 N–H and O–H groups in total. The number of nitrogens with zero attached hydrogens (tertiary/aromatic N) is 6. The van der Waals surface area contributed by atoms with Gasteiger partial charge in [-0.2, -0.15) is 5.26 Å². The van der Waals surface area contributed by atoms with Crippen LogP contribution in [0.3, 0.4) is 0 Å². The lowest BCUT2D eigenvalue weighted by Gasteiger charge is -2.43. The molecule has 2 aromatic carbocycles. The van der Waals surface area contributed by atoms with Crippen molar-refractivity contribution in [1.82, 2.24) is 25.1 Å². The minimum atomic E-state index is -1.43. The number of nitriles is 1. The average molecular weight is 627 g/mol. The normalized spacial score (nSPS) is 23.5. The average Bonchev–Trinajstić information content (AvgIpc) is 3.04. The number of anilines is 3. The topological polar surface area (TPSA) is 136 Å². The van der Waals surface area contributed by atoms with Crippen molar-refractivity contribution in [2.75, 3.05) is 62.7 Å². The van der Waals surface area contributed by atoms with Crippen molar-refractivity contribution in [2.45, 2.75) is 37.2 Å². The minimum absolute atomic E-state index is 0.125. The third-order valence-corrected chi connectivity index (χ3v) is 9.06. The molecule has 5 heterocycles. The number of hydrogen-bond donors (Lipinski definition) is 2. The first-order valence-corrected chi connectivity index (χ1v) is 15.6. The summed E-state index contributed by atoms with van der Waals surface area (Å²) in [5.41, 5.74) is 2.94. The smallest absolute Gasteiger partial charge is 0.245 e. The Bertz CT molecular complexity index is 1630. The van der Waals surface area contributed by atoms with E-state index in [1.807, 2.05) is 12.1 Å². The van der Waals surface area contributed by atoms with Gasteiger partial charge in [0.2, 0.25) is 11.8 Å². The van der Waals surface area contributed by atoms with Crippen LogP contribution >= 0.6 is 0 Å². The fourth-order valence-corrected chi connectivity index (χ4v) is 6.22. The SMILES string of the molecule is N#Cc1cc(-c2nccc(Nc3ccc(N4CCN(C5COC5)CC4)cc3)n2)ccc1O[C@H]1CCN(C(=O)[C@@H]2CC(=O)N2)C[C@H]1F. The largest absolute Gasteiger partial charge is 0.486 e. The van der Waals surface area contributed by atoms with Gasteiger partial charge in [0, 0.05) is 62.3 Å². The zero-order valence-electron chi connectivity index (χ0n) is 25.3. The summed E-state index contributed by atoms with van der Waals surface area (Å²) in [5, 5.41) is 15.7. The Labute approximate surface area is 266 Å². The third-order valence-electron chi connectivity index (χ3n) is 9.06. The number of hydrogen-bond acceptors (Lipinski definition) is 10. The van der Waals surface area contributed by atoms with Crippen molar-refractivity contribution < 1.29 is 23.5 Å². The van der Waals surface area contributed by atoms with E-state index >= 15 is 4.39 Å². The van der Waals surface area contributed by atoms with Crippen molar-refractivity contribution in [3.8, 4) is 23.2 Å². The molecule has 238 valence electrons. The highest BCUT2D eigenvalue weighted by Gasteiger charge is 2.39. The van der Waals surface area contributed by atoms with Gasteiger partial charge in [-0.1, -0.05) is 0 Å². The van der Waals surface area contributed by atoms with Gasteiger partial charge >= 0.3 is 0 Å². The highest BCUT2D eigenvalue weighted by atomic mass is 19.1. The molecule has 3 atom stereocenters. The van der Waals surface area contributed by atoms with Crippen molar-refractivity contribution in [3.05, 3.63) is 60.3 Å². The van der Waals surface area contributed by atoms with Crippen LogP contribution in [0.1, 0.15) is 18.4 Å². The molecule has 0 radical (unpaired) electrons. The van der Waals surface area contributed by atoms with Gasteiger partial charge < -0.3 is 29.9 Å². The Morgan fingerprint density at radius 3 is 2.54 bits per heavy atom. The summed E-state index contributed by atoms with van der Waals surface area (Å²) < 4.78 is 26.3. The van der Waals surface area contributed by atoms with E-state index in [0.717, 1.165) is 45.1 Å². The number of piperazine rings is 1. The maximum Gasteiger partial charge on any atom is 0.245 e. The summed E-state index contributed by atoms with van der Waals surface area (Å²) in [7, 11) is 0. The molecule has 0 bridgehead atoms. The van der Waals surface area contributed by atoms with Crippen LogP contribution in [0.2, 0.25) is 0 Å². The number of amides is 2. The fraction of sp³-hybridized carbons (Fsp3) is 0.424. The van der Waals surface area contributed by atoms with E-state index in [-0.39, 0.29) is 42.5 Å². The lowest BCUT2D eigenvalue weighted by Crippen LogP contribution is -2.60. The first-order chi connectivity index (χ1) is 22.4. The van der Waals surface area contributed by atoms with Gasteiger partial charge in [0.15, 0.2) is 12.0 Å². The summed E-state index contributed by atoms with van der Waals surface area (Å²) in [6.45, 7) is 5.94. The molecule has 0 aliphatic carbocycles. The minimum Gasteiger partial charge on any atom is -0.486 e. The molecule has 1 aromatic heterocycles. The molecule has 3 aromatic rings. The van der Waals surface area contributed by atoms with Crippen LogP contribution in [0.4, 0.5) is 21.6 Å². The van der Waals surface area contributed by atoms with Gasteiger partial charge in [0.1, 0.15) is 29.8 Å². The number of rotatable bonds is 8. The Hall–Kier alpha value is -4.80. The van der Waals surface area contributed by atoms with Gasteiger partial charge in [-0.25, -0.2) is 14.4 Å². The summed E-state index contributed by atoms with van der Waals surface area (Å²) in [4.78, 5) is 39.0. The predicted octanol–water partition coefficient (Wildman–Crippen LogP) is 2.49. The van der Waals surface area contributed by atoms with E-state index in [2.05, 4.69) is 48.6 Å². The van der Waals surface area contributed by atoms with Crippen molar-refractivity contribution >= 4 is 29.0 Å². The van der Waals surface area contributed by atoms with E-state index in [0.29, 0.717) is 29.8 Å². The number of likely N-dealkylation sites (tertiary alicyclic amines) is 1. The Morgan fingerprint density at radius 2 is 1.87 bits per heavy atom. The molecular weight excluding hydrogens is 591 g/mol. The van der Waals surface area contributed by atoms with E-state index in [4.69, 9.17) is 9.47 Å². The molecule has 7 rings (SSSR count).